The van der Waals surface area contributed by atoms with Crippen LogP contribution in [-0.2, 0) is 11.3 Å². The lowest BCUT2D eigenvalue weighted by Gasteiger charge is -2.06. The largest absolute Gasteiger partial charge is 0.454 e. The van der Waals surface area contributed by atoms with Crippen molar-refractivity contribution in [2.45, 2.75) is 11.7 Å². The van der Waals surface area contributed by atoms with E-state index in [1.54, 1.807) is 0 Å². The topological polar surface area (TPSA) is 112 Å². The summed E-state index contributed by atoms with van der Waals surface area (Å²) in [6.07, 6.45) is 1.31. The van der Waals surface area contributed by atoms with Crippen molar-refractivity contribution >= 4 is 23.6 Å². The molecule has 0 aliphatic carbocycles. The Labute approximate surface area is 130 Å². The van der Waals surface area contributed by atoms with Gasteiger partial charge in [-0.25, -0.2) is 9.97 Å². The number of anilines is 1. The predicted molar refractivity (Wildman–Crippen MR) is 79.4 cm³/mol. The Balaban J connectivity index is 1.48. The molecular formula is C13H13N5O3S. The maximum absolute atomic E-state index is 11.8. The lowest BCUT2D eigenvalue weighted by atomic mass is 10.2. The Kier molecular flexibility index (Phi) is 4.24. The number of hydrogen-bond donors (Lipinski definition) is 2. The summed E-state index contributed by atoms with van der Waals surface area (Å²) in [5.74, 6) is 1.63. The van der Waals surface area contributed by atoms with Gasteiger partial charge in [-0.3, -0.25) is 4.79 Å². The quantitative estimate of drug-likeness (QED) is 0.770. The van der Waals surface area contributed by atoms with E-state index in [0.29, 0.717) is 17.5 Å². The fourth-order valence-electron chi connectivity index (χ4n) is 1.80. The minimum absolute atomic E-state index is 0.123. The highest BCUT2D eigenvalue weighted by Crippen LogP contribution is 2.32. The number of thioether (sulfide) groups is 1. The van der Waals surface area contributed by atoms with Crippen LogP contribution in [0.3, 0.4) is 0 Å². The predicted octanol–water partition coefficient (Wildman–Crippen LogP) is 0.591. The van der Waals surface area contributed by atoms with Crippen LogP contribution in [0, 0.1) is 0 Å². The third-order valence-electron chi connectivity index (χ3n) is 2.83. The number of nitrogens with two attached hydrogens (primary N) is 1. The summed E-state index contributed by atoms with van der Waals surface area (Å²) in [4.78, 5) is 23.3. The van der Waals surface area contributed by atoms with Gasteiger partial charge in [0.25, 0.3) is 0 Å². The van der Waals surface area contributed by atoms with E-state index in [4.69, 9.17) is 15.2 Å². The molecule has 0 fully saturated rings. The minimum Gasteiger partial charge on any atom is -0.454 e. The molecule has 0 radical (unpaired) electrons. The number of carbonyl (C=O) groups excluding carboxylic acids is 1. The van der Waals surface area contributed by atoms with Crippen molar-refractivity contribution in [1.82, 2.24) is 20.3 Å². The number of nitrogens with one attached hydrogen (secondary N) is 1. The van der Waals surface area contributed by atoms with Crippen molar-refractivity contribution in [2.24, 2.45) is 0 Å². The van der Waals surface area contributed by atoms with Gasteiger partial charge in [0.2, 0.25) is 18.6 Å². The smallest absolute Gasteiger partial charge is 0.231 e. The van der Waals surface area contributed by atoms with E-state index in [2.05, 4.69) is 20.3 Å². The van der Waals surface area contributed by atoms with E-state index >= 15 is 0 Å². The Morgan fingerprint density at radius 2 is 2.18 bits per heavy atom. The molecule has 0 saturated heterocycles. The van der Waals surface area contributed by atoms with Crippen LogP contribution in [0.4, 0.5) is 5.95 Å². The van der Waals surface area contributed by atoms with E-state index in [1.165, 1.54) is 18.1 Å². The molecule has 1 aliphatic rings. The van der Waals surface area contributed by atoms with E-state index in [0.717, 1.165) is 11.3 Å². The van der Waals surface area contributed by atoms with Crippen molar-refractivity contribution in [3.05, 3.63) is 30.1 Å². The van der Waals surface area contributed by atoms with Crippen LogP contribution in [-0.4, -0.2) is 33.4 Å². The molecule has 1 aliphatic heterocycles. The highest BCUT2D eigenvalue weighted by Gasteiger charge is 2.13. The highest BCUT2D eigenvalue weighted by atomic mass is 32.2. The Bertz CT molecular complexity index is 697. The van der Waals surface area contributed by atoms with Crippen LogP contribution >= 0.6 is 11.8 Å². The molecule has 1 amide bonds. The minimum atomic E-state index is -0.123. The van der Waals surface area contributed by atoms with Crippen molar-refractivity contribution in [3.63, 3.8) is 0 Å². The molecule has 0 unspecified atom stereocenters. The molecule has 2 heterocycles. The van der Waals surface area contributed by atoms with E-state index in [-0.39, 0.29) is 24.4 Å². The number of amides is 1. The molecule has 0 atom stereocenters. The molecule has 1 aromatic heterocycles. The van der Waals surface area contributed by atoms with Gasteiger partial charge in [-0.2, -0.15) is 4.98 Å². The third kappa shape index (κ3) is 3.55. The lowest BCUT2D eigenvalue weighted by Crippen LogP contribution is -2.24. The second-order valence-corrected chi connectivity index (χ2v) is 5.32. The monoisotopic (exact) mass is 319 g/mol. The number of rotatable bonds is 5. The summed E-state index contributed by atoms with van der Waals surface area (Å²) in [5, 5.41) is 3.24. The molecule has 0 bridgehead atoms. The number of fused-ring (bicyclic) bond motifs is 1. The molecule has 114 valence electrons. The van der Waals surface area contributed by atoms with Crippen LogP contribution in [0.1, 0.15) is 5.56 Å². The zero-order valence-corrected chi connectivity index (χ0v) is 12.3. The average molecular weight is 319 g/mol. The molecular weight excluding hydrogens is 306 g/mol. The van der Waals surface area contributed by atoms with Crippen LogP contribution in [0.2, 0.25) is 0 Å². The van der Waals surface area contributed by atoms with Gasteiger partial charge in [0, 0.05) is 6.54 Å². The molecule has 0 spiro atoms. The summed E-state index contributed by atoms with van der Waals surface area (Å²) in [7, 11) is 0. The zero-order chi connectivity index (χ0) is 15.4. The Morgan fingerprint density at radius 3 is 3.05 bits per heavy atom. The van der Waals surface area contributed by atoms with Crippen LogP contribution < -0.4 is 20.5 Å². The lowest BCUT2D eigenvalue weighted by molar-refractivity contribution is -0.118. The standard InChI is InChI=1S/C13H13N5O3S/c14-12-16-6-17-13(18-12)22-5-11(19)15-4-8-1-2-9-10(3-8)21-7-20-9/h1-3,6H,4-5,7H2,(H,15,19)(H2,14,16,17,18). The van der Waals surface area contributed by atoms with Gasteiger partial charge in [0.05, 0.1) is 5.75 Å². The van der Waals surface area contributed by atoms with Crippen molar-refractivity contribution < 1.29 is 14.3 Å². The fraction of sp³-hybridized carbons (Fsp3) is 0.231. The van der Waals surface area contributed by atoms with Crippen molar-refractivity contribution in [2.75, 3.05) is 18.3 Å². The summed E-state index contributed by atoms with van der Waals surface area (Å²) >= 11 is 1.20. The maximum Gasteiger partial charge on any atom is 0.231 e. The summed E-state index contributed by atoms with van der Waals surface area (Å²) in [6.45, 7) is 0.645. The van der Waals surface area contributed by atoms with E-state index < -0.39 is 0 Å². The van der Waals surface area contributed by atoms with Crippen molar-refractivity contribution in [1.29, 1.82) is 0 Å². The van der Waals surface area contributed by atoms with Crippen molar-refractivity contribution in [3.8, 4) is 11.5 Å². The first-order valence-corrected chi connectivity index (χ1v) is 7.42. The average Bonchev–Trinajstić information content (AvgIpc) is 2.98. The van der Waals surface area contributed by atoms with Crippen LogP contribution in [0.25, 0.3) is 0 Å². The highest BCUT2D eigenvalue weighted by molar-refractivity contribution is 7.99. The first-order chi connectivity index (χ1) is 10.7. The molecule has 3 N–H and O–H groups in total. The summed E-state index contributed by atoms with van der Waals surface area (Å²) < 4.78 is 10.5. The number of ether oxygens (including phenoxy) is 2. The number of aromatic nitrogens is 3. The summed E-state index contributed by atoms with van der Waals surface area (Å²) in [5.41, 5.74) is 6.38. The van der Waals surface area contributed by atoms with Gasteiger partial charge in [0.15, 0.2) is 16.7 Å². The Hall–Kier alpha value is -2.55. The number of carbonyl (C=O) groups is 1. The van der Waals surface area contributed by atoms with Gasteiger partial charge >= 0.3 is 0 Å². The number of nitrogen functional groups attached to an aromatic ring is 1. The van der Waals surface area contributed by atoms with Gasteiger partial charge < -0.3 is 20.5 Å². The number of nitrogens with zero attached hydrogens (tertiary/aromatic N) is 3. The van der Waals surface area contributed by atoms with E-state index in [9.17, 15) is 4.79 Å². The maximum atomic E-state index is 11.8. The first kappa shape index (κ1) is 14.4. The third-order valence-corrected chi connectivity index (χ3v) is 3.69. The van der Waals surface area contributed by atoms with Crippen LogP contribution in [0.5, 0.6) is 11.5 Å². The number of benzene rings is 1. The second-order valence-electron chi connectivity index (χ2n) is 4.38. The molecule has 8 nitrogen and oxygen atoms in total. The molecule has 3 rings (SSSR count). The zero-order valence-electron chi connectivity index (χ0n) is 11.5. The van der Waals surface area contributed by atoms with Gasteiger partial charge in [-0.05, 0) is 17.7 Å². The molecule has 0 saturated carbocycles. The molecule has 22 heavy (non-hydrogen) atoms. The van der Waals surface area contributed by atoms with Gasteiger partial charge in [0.1, 0.15) is 6.33 Å². The van der Waals surface area contributed by atoms with Gasteiger partial charge in [-0.1, -0.05) is 17.8 Å². The SMILES string of the molecule is Nc1ncnc(SCC(=O)NCc2ccc3c(c2)OCO3)n1. The number of hydrogen-bond acceptors (Lipinski definition) is 8. The molecule has 1 aromatic carbocycles. The van der Waals surface area contributed by atoms with Crippen LogP contribution in [0.15, 0.2) is 29.7 Å². The first-order valence-electron chi connectivity index (χ1n) is 6.43. The van der Waals surface area contributed by atoms with E-state index in [1.807, 2.05) is 18.2 Å². The van der Waals surface area contributed by atoms with Gasteiger partial charge in [-0.15, -0.1) is 0 Å². The normalized spacial score (nSPS) is 12.2. The second kappa shape index (κ2) is 6.48. The Morgan fingerprint density at radius 1 is 1.32 bits per heavy atom. The molecule has 9 heteroatoms. The fourth-order valence-corrected chi connectivity index (χ4v) is 2.44. The summed E-state index contributed by atoms with van der Waals surface area (Å²) in [6, 6.07) is 5.56. The molecule has 2 aromatic rings.